The van der Waals surface area contributed by atoms with Crippen LogP contribution in [0.1, 0.15) is 37.5 Å². The van der Waals surface area contributed by atoms with Crippen LogP contribution in [0.4, 0.5) is 4.79 Å². The quantitative estimate of drug-likeness (QED) is 0.827. The number of carbonyl (C=O) groups is 1. The van der Waals surface area contributed by atoms with Crippen molar-refractivity contribution in [1.29, 1.82) is 0 Å². The van der Waals surface area contributed by atoms with E-state index in [0.717, 1.165) is 12.8 Å². The van der Waals surface area contributed by atoms with Gasteiger partial charge >= 0.3 is 6.09 Å². The van der Waals surface area contributed by atoms with Crippen molar-refractivity contribution < 1.29 is 9.90 Å². The SMILES string of the molecule is CCc1cccc(CC)c1CC.NC(=O)O. The summed E-state index contributed by atoms with van der Waals surface area (Å²) >= 11 is 0. The van der Waals surface area contributed by atoms with Crippen LogP contribution < -0.4 is 5.73 Å². The van der Waals surface area contributed by atoms with E-state index in [9.17, 15) is 0 Å². The predicted octanol–water partition coefficient (Wildman–Crippen LogP) is 3.00. The minimum Gasteiger partial charge on any atom is -0.465 e. The standard InChI is InChI=1S/C12H18.CH3NO2/c1-4-10-8-7-9-11(5-2)12(10)6-3;2-1(3)4/h7-9H,4-6H2,1-3H3;2H2,(H,3,4). The Hall–Kier alpha value is -1.51. The van der Waals surface area contributed by atoms with Gasteiger partial charge in [0, 0.05) is 0 Å². The number of hydrogen-bond acceptors (Lipinski definition) is 1. The van der Waals surface area contributed by atoms with Crippen molar-refractivity contribution in [2.75, 3.05) is 0 Å². The summed E-state index contributed by atoms with van der Waals surface area (Å²) in [6.45, 7) is 6.70. The molecule has 1 amide bonds. The molecule has 0 aliphatic rings. The van der Waals surface area contributed by atoms with E-state index in [0.29, 0.717) is 0 Å². The average molecular weight is 223 g/mol. The number of benzene rings is 1. The molecule has 1 aromatic carbocycles. The van der Waals surface area contributed by atoms with Gasteiger partial charge in [0.2, 0.25) is 0 Å². The van der Waals surface area contributed by atoms with Crippen LogP contribution in [-0.4, -0.2) is 11.2 Å². The highest BCUT2D eigenvalue weighted by molar-refractivity contribution is 5.61. The molecule has 1 rings (SSSR count). The summed E-state index contributed by atoms with van der Waals surface area (Å²) in [5, 5.41) is 7.19. The van der Waals surface area contributed by atoms with Crippen molar-refractivity contribution in [2.45, 2.75) is 40.0 Å². The number of hydrogen-bond donors (Lipinski definition) is 2. The number of rotatable bonds is 3. The zero-order chi connectivity index (χ0) is 12.6. The minimum atomic E-state index is -1.33. The molecule has 0 heterocycles. The van der Waals surface area contributed by atoms with Gasteiger partial charge in [-0.25, -0.2) is 4.79 Å². The van der Waals surface area contributed by atoms with Gasteiger partial charge in [-0.05, 0) is 36.0 Å². The summed E-state index contributed by atoms with van der Waals surface area (Å²) in [5.74, 6) is 0. The lowest BCUT2D eigenvalue weighted by Crippen LogP contribution is -2.03. The Bertz CT molecular complexity index is 308. The molecule has 0 radical (unpaired) electrons. The van der Waals surface area contributed by atoms with Crippen molar-refractivity contribution in [3.8, 4) is 0 Å². The van der Waals surface area contributed by atoms with Crippen molar-refractivity contribution in [3.63, 3.8) is 0 Å². The fourth-order valence-corrected chi connectivity index (χ4v) is 1.80. The first kappa shape index (κ1) is 14.5. The normalized spacial score (nSPS) is 9.19. The third-order valence-electron chi connectivity index (χ3n) is 2.49. The van der Waals surface area contributed by atoms with Crippen LogP contribution in [0.3, 0.4) is 0 Å². The molecule has 0 saturated heterocycles. The number of primary amides is 1. The Morgan fingerprint density at radius 3 is 1.75 bits per heavy atom. The third kappa shape index (κ3) is 4.82. The Morgan fingerprint density at radius 2 is 1.50 bits per heavy atom. The summed E-state index contributed by atoms with van der Waals surface area (Å²) < 4.78 is 0. The Labute approximate surface area is 97.3 Å². The van der Waals surface area contributed by atoms with Gasteiger partial charge < -0.3 is 10.8 Å². The highest BCUT2D eigenvalue weighted by Crippen LogP contribution is 2.16. The maximum atomic E-state index is 8.78. The zero-order valence-electron chi connectivity index (χ0n) is 10.3. The first-order valence-corrected chi connectivity index (χ1v) is 5.64. The van der Waals surface area contributed by atoms with E-state index in [1.165, 1.54) is 17.5 Å². The lowest BCUT2D eigenvalue weighted by Gasteiger charge is -2.10. The minimum absolute atomic E-state index is 1.16. The van der Waals surface area contributed by atoms with Gasteiger partial charge in [0.1, 0.15) is 0 Å². The Morgan fingerprint density at radius 1 is 1.12 bits per heavy atom. The zero-order valence-corrected chi connectivity index (χ0v) is 10.3. The van der Waals surface area contributed by atoms with E-state index < -0.39 is 6.09 Å². The average Bonchev–Trinajstić information content (AvgIpc) is 2.26. The number of nitrogens with two attached hydrogens (primary N) is 1. The van der Waals surface area contributed by atoms with Crippen LogP contribution >= 0.6 is 0 Å². The van der Waals surface area contributed by atoms with Crippen LogP contribution in [0, 0.1) is 0 Å². The summed E-state index contributed by atoms with van der Waals surface area (Å²) in [5.41, 5.74) is 8.65. The molecule has 0 aliphatic carbocycles. The van der Waals surface area contributed by atoms with Crippen molar-refractivity contribution in [2.24, 2.45) is 5.73 Å². The summed E-state index contributed by atoms with van der Waals surface area (Å²) in [6.07, 6.45) is 2.17. The second-order valence-electron chi connectivity index (χ2n) is 3.45. The largest absolute Gasteiger partial charge is 0.465 e. The number of aryl methyl sites for hydroxylation is 2. The molecule has 3 heteroatoms. The van der Waals surface area contributed by atoms with Gasteiger partial charge in [0.05, 0.1) is 0 Å². The molecule has 3 N–H and O–H groups in total. The van der Waals surface area contributed by atoms with E-state index in [4.69, 9.17) is 9.90 Å². The van der Waals surface area contributed by atoms with E-state index in [1.54, 1.807) is 5.56 Å². The van der Waals surface area contributed by atoms with Crippen LogP contribution in [-0.2, 0) is 19.3 Å². The maximum absolute atomic E-state index is 8.78. The van der Waals surface area contributed by atoms with Crippen molar-refractivity contribution >= 4 is 6.09 Å². The van der Waals surface area contributed by atoms with E-state index in [-0.39, 0.29) is 0 Å². The lowest BCUT2D eigenvalue weighted by molar-refractivity contribution is 0.205. The van der Waals surface area contributed by atoms with Crippen molar-refractivity contribution in [3.05, 3.63) is 34.9 Å². The highest BCUT2D eigenvalue weighted by Gasteiger charge is 2.02. The fourth-order valence-electron chi connectivity index (χ4n) is 1.80. The van der Waals surface area contributed by atoms with Crippen LogP contribution in [0.15, 0.2) is 18.2 Å². The van der Waals surface area contributed by atoms with Gasteiger partial charge in [-0.3, -0.25) is 0 Å². The van der Waals surface area contributed by atoms with Gasteiger partial charge in [-0.1, -0.05) is 39.0 Å². The molecule has 0 bridgehead atoms. The molecule has 1 aromatic rings. The molecule has 0 spiro atoms. The second kappa shape index (κ2) is 7.74. The topological polar surface area (TPSA) is 63.3 Å². The number of carboxylic acid groups (broad SMARTS) is 1. The predicted molar refractivity (Wildman–Crippen MR) is 66.8 cm³/mol. The van der Waals surface area contributed by atoms with Crippen molar-refractivity contribution in [1.82, 2.24) is 0 Å². The molecule has 0 atom stereocenters. The summed E-state index contributed by atoms with van der Waals surface area (Å²) in [6, 6.07) is 6.67. The van der Waals surface area contributed by atoms with Crippen LogP contribution in [0.25, 0.3) is 0 Å². The van der Waals surface area contributed by atoms with Gasteiger partial charge in [0.25, 0.3) is 0 Å². The molecule has 0 unspecified atom stereocenters. The van der Waals surface area contributed by atoms with Gasteiger partial charge in [-0.2, -0.15) is 0 Å². The van der Waals surface area contributed by atoms with Crippen LogP contribution in [0.2, 0.25) is 0 Å². The first-order chi connectivity index (χ1) is 7.56. The molecule has 0 aromatic heterocycles. The molecule has 0 aliphatic heterocycles. The molecule has 0 fully saturated rings. The molecule has 16 heavy (non-hydrogen) atoms. The third-order valence-corrected chi connectivity index (χ3v) is 2.49. The number of amides is 1. The van der Waals surface area contributed by atoms with E-state index in [2.05, 4.69) is 44.7 Å². The van der Waals surface area contributed by atoms with E-state index >= 15 is 0 Å². The monoisotopic (exact) mass is 223 g/mol. The Kier molecular flexibility index (Phi) is 7.01. The van der Waals surface area contributed by atoms with E-state index in [1.807, 2.05) is 0 Å². The second-order valence-corrected chi connectivity index (χ2v) is 3.45. The molecular formula is C13H21NO2. The summed E-state index contributed by atoms with van der Waals surface area (Å²) in [7, 11) is 0. The first-order valence-electron chi connectivity index (χ1n) is 5.64. The highest BCUT2D eigenvalue weighted by atomic mass is 16.4. The molecule has 0 saturated carbocycles. The fraction of sp³-hybridized carbons (Fsp3) is 0.462. The summed E-state index contributed by atoms with van der Waals surface area (Å²) in [4.78, 5) is 8.78. The van der Waals surface area contributed by atoms with Gasteiger partial charge in [0.15, 0.2) is 0 Å². The molecule has 3 nitrogen and oxygen atoms in total. The molecule has 90 valence electrons. The lowest BCUT2D eigenvalue weighted by atomic mass is 9.96. The van der Waals surface area contributed by atoms with Gasteiger partial charge in [-0.15, -0.1) is 0 Å². The maximum Gasteiger partial charge on any atom is 0.402 e. The smallest absolute Gasteiger partial charge is 0.402 e. The van der Waals surface area contributed by atoms with Crippen LogP contribution in [0.5, 0.6) is 0 Å². The Balaban J connectivity index is 0.000000487. The molecular weight excluding hydrogens is 202 g/mol.